The molecule has 0 aliphatic rings. The summed E-state index contributed by atoms with van der Waals surface area (Å²) in [6.07, 6.45) is 0. The molecular weight excluding hydrogens is 259 g/mol. The van der Waals surface area contributed by atoms with Gasteiger partial charge in [0.05, 0.1) is 17.9 Å². The number of methoxy groups -OCH3 is 1. The summed E-state index contributed by atoms with van der Waals surface area (Å²) in [6.45, 7) is 1.78. The summed E-state index contributed by atoms with van der Waals surface area (Å²) < 4.78 is 27.0. The van der Waals surface area contributed by atoms with E-state index in [2.05, 4.69) is 0 Å². The molecule has 0 amide bonds. The third-order valence-electron chi connectivity index (χ3n) is 1.93. The number of rotatable bonds is 3. The molecule has 0 aliphatic carbocycles. The van der Waals surface area contributed by atoms with Crippen molar-refractivity contribution in [2.45, 2.75) is 12.7 Å². The van der Waals surface area contributed by atoms with Crippen LogP contribution >= 0.6 is 22.3 Å². The molecule has 0 fully saturated rings. The Morgan fingerprint density at radius 1 is 1.40 bits per heavy atom. The highest BCUT2D eigenvalue weighted by Crippen LogP contribution is 2.31. The fourth-order valence-electron chi connectivity index (χ4n) is 1.22. The average Bonchev–Trinajstić information content (AvgIpc) is 2.11. The van der Waals surface area contributed by atoms with Crippen LogP contribution in [0.5, 0.6) is 5.75 Å². The summed E-state index contributed by atoms with van der Waals surface area (Å²) in [6, 6.07) is 3.42. The van der Waals surface area contributed by atoms with E-state index < -0.39 is 9.05 Å². The highest BCUT2D eigenvalue weighted by atomic mass is 35.7. The molecule has 0 heterocycles. The van der Waals surface area contributed by atoms with Crippen LogP contribution in [0.4, 0.5) is 0 Å². The van der Waals surface area contributed by atoms with Crippen molar-refractivity contribution in [1.29, 1.82) is 0 Å². The van der Waals surface area contributed by atoms with E-state index in [4.69, 9.17) is 27.0 Å². The third-order valence-corrected chi connectivity index (χ3v) is 3.42. The van der Waals surface area contributed by atoms with Gasteiger partial charge in [0, 0.05) is 16.2 Å². The van der Waals surface area contributed by atoms with Crippen LogP contribution in [-0.4, -0.2) is 15.5 Å². The zero-order valence-electron chi connectivity index (χ0n) is 8.25. The minimum atomic E-state index is -3.64. The van der Waals surface area contributed by atoms with Crippen LogP contribution in [0.1, 0.15) is 11.1 Å². The van der Waals surface area contributed by atoms with Gasteiger partial charge < -0.3 is 4.74 Å². The molecule has 0 bridgehead atoms. The first-order valence-electron chi connectivity index (χ1n) is 4.09. The number of ether oxygens (including phenoxy) is 1. The van der Waals surface area contributed by atoms with Gasteiger partial charge in [-0.15, -0.1) is 0 Å². The molecule has 1 rings (SSSR count). The maximum atomic E-state index is 11.0. The van der Waals surface area contributed by atoms with Crippen LogP contribution in [-0.2, 0) is 14.8 Å². The van der Waals surface area contributed by atoms with Gasteiger partial charge in [0.25, 0.3) is 0 Å². The molecule has 0 spiro atoms. The Bertz CT molecular complexity index is 468. The predicted octanol–water partition coefficient (Wildman–Crippen LogP) is 2.73. The highest BCUT2D eigenvalue weighted by Gasteiger charge is 2.16. The van der Waals surface area contributed by atoms with Gasteiger partial charge in [-0.1, -0.05) is 17.7 Å². The molecule has 0 radical (unpaired) electrons. The second-order valence-corrected chi connectivity index (χ2v) is 6.22. The van der Waals surface area contributed by atoms with Crippen molar-refractivity contribution in [2.75, 3.05) is 7.11 Å². The van der Waals surface area contributed by atoms with Gasteiger partial charge in [0.15, 0.2) is 0 Å². The summed E-state index contributed by atoms with van der Waals surface area (Å²) in [5, 5.41) is 0.374. The van der Waals surface area contributed by atoms with Gasteiger partial charge >= 0.3 is 0 Å². The molecule has 0 N–H and O–H groups in total. The number of benzene rings is 1. The van der Waals surface area contributed by atoms with Crippen LogP contribution < -0.4 is 4.74 Å². The van der Waals surface area contributed by atoms with Crippen LogP contribution in [0, 0.1) is 6.92 Å². The van der Waals surface area contributed by atoms with Crippen molar-refractivity contribution >= 4 is 31.3 Å². The minimum absolute atomic E-state index is 0.335. The quantitative estimate of drug-likeness (QED) is 0.792. The lowest BCUT2D eigenvalue weighted by Crippen LogP contribution is -2.00. The van der Waals surface area contributed by atoms with Gasteiger partial charge in [-0.3, -0.25) is 0 Å². The molecule has 0 unspecified atom stereocenters. The molecule has 0 saturated heterocycles. The Hall–Kier alpha value is -0.450. The molecule has 15 heavy (non-hydrogen) atoms. The zero-order valence-corrected chi connectivity index (χ0v) is 10.6. The molecule has 0 atom stereocenters. The van der Waals surface area contributed by atoms with Gasteiger partial charge in [-0.25, -0.2) is 8.42 Å². The fourth-order valence-corrected chi connectivity index (χ4v) is 2.48. The van der Waals surface area contributed by atoms with E-state index in [-0.39, 0.29) is 5.75 Å². The van der Waals surface area contributed by atoms with Crippen molar-refractivity contribution in [3.63, 3.8) is 0 Å². The number of hydrogen-bond acceptors (Lipinski definition) is 3. The second-order valence-electron chi connectivity index (χ2n) is 3.06. The van der Waals surface area contributed by atoms with E-state index in [1.807, 2.05) is 0 Å². The monoisotopic (exact) mass is 268 g/mol. The van der Waals surface area contributed by atoms with Gasteiger partial charge in [0.2, 0.25) is 9.05 Å². The predicted molar refractivity (Wildman–Crippen MR) is 61.2 cm³/mol. The maximum absolute atomic E-state index is 11.0. The molecule has 0 aliphatic heterocycles. The van der Waals surface area contributed by atoms with Crippen LogP contribution in [0.15, 0.2) is 12.1 Å². The second kappa shape index (κ2) is 4.60. The molecule has 0 aromatic heterocycles. The van der Waals surface area contributed by atoms with E-state index in [1.165, 1.54) is 7.11 Å². The van der Waals surface area contributed by atoms with E-state index in [1.54, 1.807) is 19.1 Å². The molecule has 1 aromatic rings. The number of hydrogen-bond donors (Lipinski definition) is 0. The fraction of sp³-hybridized carbons (Fsp3) is 0.333. The highest BCUT2D eigenvalue weighted by molar-refractivity contribution is 8.13. The molecule has 6 heteroatoms. The minimum Gasteiger partial charge on any atom is -0.496 e. The van der Waals surface area contributed by atoms with Crippen molar-refractivity contribution < 1.29 is 13.2 Å². The Labute approximate surface area is 98.4 Å². The average molecular weight is 269 g/mol. The Morgan fingerprint density at radius 3 is 2.47 bits per heavy atom. The molecule has 1 aromatic carbocycles. The summed E-state index contributed by atoms with van der Waals surface area (Å²) >= 11 is 5.98. The van der Waals surface area contributed by atoms with Crippen molar-refractivity contribution in [2.24, 2.45) is 0 Å². The normalized spacial score (nSPS) is 11.5. The van der Waals surface area contributed by atoms with Gasteiger partial charge in [-0.2, -0.15) is 0 Å². The van der Waals surface area contributed by atoms with Gasteiger partial charge in [-0.05, 0) is 18.6 Å². The summed E-state index contributed by atoms with van der Waals surface area (Å²) in [5.41, 5.74) is 1.18. The first-order chi connectivity index (χ1) is 6.85. The van der Waals surface area contributed by atoms with E-state index in [9.17, 15) is 8.42 Å². The largest absolute Gasteiger partial charge is 0.496 e. The first-order valence-corrected chi connectivity index (χ1v) is 6.95. The Morgan fingerprint density at radius 2 is 2.00 bits per heavy atom. The van der Waals surface area contributed by atoms with Crippen molar-refractivity contribution in [3.8, 4) is 5.75 Å². The Kier molecular flexibility index (Phi) is 3.87. The van der Waals surface area contributed by atoms with E-state index >= 15 is 0 Å². The SMILES string of the molecule is COc1ccc(C)c(Cl)c1CS(=O)(=O)Cl. The summed E-state index contributed by atoms with van der Waals surface area (Å²) in [5.74, 6) is 0.0907. The summed E-state index contributed by atoms with van der Waals surface area (Å²) in [7, 11) is 2.99. The number of aryl methyl sites for hydroxylation is 1. The molecule has 3 nitrogen and oxygen atoms in total. The lowest BCUT2D eigenvalue weighted by atomic mass is 10.1. The lowest BCUT2D eigenvalue weighted by molar-refractivity contribution is 0.411. The molecule has 0 saturated carbocycles. The number of halogens is 2. The van der Waals surface area contributed by atoms with Crippen molar-refractivity contribution in [1.82, 2.24) is 0 Å². The molecule has 84 valence electrons. The maximum Gasteiger partial charge on any atom is 0.236 e. The zero-order chi connectivity index (χ0) is 11.6. The summed E-state index contributed by atoms with van der Waals surface area (Å²) in [4.78, 5) is 0. The van der Waals surface area contributed by atoms with Crippen molar-refractivity contribution in [3.05, 3.63) is 28.3 Å². The molecular formula is C9H10Cl2O3S. The van der Waals surface area contributed by atoms with E-state index in [0.717, 1.165) is 5.56 Å². The van der Waals surface area contributed by atoms with Crippen LogP contribution in [0.2, 0.25) is 5.02 Å². The topological polar surface area (TPSA) is 43.4 Å². The lowest BCUT2D eigenvalue weighted by Gasteiger charge is -2.10. The first kappa shape index (κ1) is 12.6. The van der Waals surface area contributed by atoms with E-state index in [0.29, 0.717) is 16.3 Å². The van der Waals surface area contributed by atoms with Gasteiger partial charge in [0.1, 0.15) is 5.75 Å². The van der Waals surface area contributed by atoms with Crippen LogP contribution in [0.25, 0.3) is 0 Å². The smallest absolute Gasteiger partial charge is 0.236 e. The van der Waals surface area contributed by atoms with Crippen LogP contribution in [0.3, 0.4) is 0 Å². The Balaban J connectivity index is 3.30. The standard InChI is InChI=1S/C9H10Cl2O3S/c1-6-3-4-8(14-2)7(9(6)10)5-15(11,12)13/h3-4H,5H2,1-2H3. The third kappa shape index (κ3) is 3.26.